The van der Waals surface area contributed by atoms with Gasteiger partial charge in [0.25, 0.3) is 11.8 Å². The molecule has 22 heavy (non-hydrogen) atoms. The van der Waals surface area contributed by atoms with Crippen molar-refractivity contribution in [3.8, 4) is 5.75 Å². The van der Waals surface area contributed by atoms with Gasteiger partial charge in [0.2, 0.25) is 0 Å². The molecule has 4 N–H and O–H groups in total. The number of carbonyl (C=O) groups excluding carboxylic acids is 2. The maximum Gasteiger partial charge on any atom is 0.277 e. The van der Waals surface area contributed by atoms with Crippen molar-refractivity contribution in [1.29, 1.82) is 0 Å². The van der Waals surface area contributed by atoms with Crippen LogP contribution in [-0.2, 0) is 9.59 Å². The molecule has 1 aliphatic heterocycles. The van der Waals surface area contributed by atoms with Crippen LogP contribution < -0.4 is 15.5 Å². The first-order chi connectivity index (χ1) is 10.6. The summed E-state index contributed by atoms with van der Waals surface area (Å²) in [5.41, 5.74) is 1.05. The van der Waals surface area contributed by atoms with Gasteiger partial charge >= 0.3 is 0 Å². The molecule has 0 aromatic heterocycles. The van der Waals surface area contributed by atoms with Crippen molar-refractivity contribution in [2.45, 2.75) is 0 Å². The summed E-state index contributed by atoms with van der Waals surface area (Å²) in [6, 6.07) is 7.09. The highest BCUT2D eigenvalue weighted by molar-refractivity contribution is 5.78. The third-order valence-corrected chi connectivity index (χ3v) is 3.77. The molecule has 120 valence electrons. The van der Waals surface area contributed by atoms with E-state index >= 15 is 0 Å². The number of phenolic OH excluding ortho intramolecular Hbond substituents is 1. The number of benzene rings is 1. The molecule has 1 fully saturated rings. The first-order valence-electron chi connectivity index (χ1n) is 7.44. The summed E-state index contributed by atoms with van der Waals surface area (Å²) >= 11 is 0. The topological polar surface area (TPSA) is 89.5 Å². The van der Waals surface area contributed by atoms with Gasteiger partial charge in [0.1, 0.15) is 5.75 Å². The molecule has 1 aliphatic rings. The molecule has 0 radical (unpaired) electrons. The van der Waals surface area contributed by atoms with Gasteiger partial charge < -0.3 is 25.5 Å². The van der Waals surface area contributed by atoms with Crippen molar-refractivity contribution in [1.82, 2.24) is 10.2 Å². The maximum atomic E-state index is 12.1. The summed E-state index contributed by atoms with van der Waals surface area (Å²) in [7, 11) is 1.58. The van der Waals surface area contributed by atoms with Gasteiger partial charge in [0.05, 0.1) is 0 Å². The normalized spacial score (nSPS) is 14.8. The van der Waals surface area contributed by atoms with Crippen LogP contribution in [0.25, 0.3) is 0 Å². The highest BCUT2D eigenvalue weighted by Crippen LogP contribution is 2.19. The molecular formula is C15H23N4O3+. The van der Waals surface area contributed by atoms with E-state index in [9.17, 15) is 14.7 Å². The minimum atomic E-state index is -0.0788. The summed E-state index contributed by atoms with van der Waals surface area (Å²) in [4.78, 5) is 27.2. The number of phenols is 1. The molecule has 0 saturated carbocycles. The van der Waals surface area contributed by atoms with E-state index in [4.69, 9.17) is 0 Å². The molecule has 0 bridgehead atoms. The van der Waals surface area contributed by atoms with Gasteiger partial charge in [-0.05, 0) is 24.3 Å². The second-order valence-electron chi connectivity index (χ2n) is 5.25. The van der Waals surface area contributed by atoms with Crippen molar-refractivity contribution in [3.63, 3.8) is 0 Å². The maximum absolute atomic E-state index is 12.1. The third kappa shape index (κ3) is 4.36. The van der Waals surface area contributed by atoms with Gasteiger partial charge in [-0.25, -0.2) is 0 Å². The van der Waals surface area contributed by atoms with E-state index in [-0.39, 0.29) is 24.1 Å². The average molecular weight is 307 g/mol. The van der Waals surface area contributed by atoms with Crippen LogP contribution in [0.1, 0.15) is 0 Å². The van der Waals surface area contributed by atoms with Crippen LogP contribution in [0.15, 0.2) is 24.3 Å². The number of carbonyl (C=O) groups is 2. The van der Waals surface area contributed by atoms with Gasteiger partial charge in [0.15, 0.2) is 13.1 Å². The Morgan fingerprint density at radius 3 is 2.36 bits per heavy atom. The molecule has 0 unspecified atom stereocenters. The van der Waals surface area contributed by atoms with Gasteiger partial charge in [-0.15, -0.1) is 0 Å². The zero-order valence-corrected chi connectivity index (χ0v) is 12.8. The second kappa shape index (κ2) is 7.65. The Kier molecular flexibility index (Phi) is 5.60. The van der Waals surface area contributed by atoms with Crippen LogP contribution in [0.5, 0.6) is 5.75 Å². The van der Waals surface area contributed by atoms with Gasteiger partial charge in [-0.3, -0.25) is 9.59 Å². The monoisotopic (exact) mass is 307 g/mol. The number of likely N-dealkylation sites (N-methyl/N-ethyl adjacent to an activating group) is 1. The molecule has 2 amide bonds. The molecular weight excluding hydrogens is 284 g/mol. The summed E-state index contributed by atoms with van der Waals surface area (Å²) in [6.07, 6.45) is 0. The standard InChI is InChI=1S/C15H22N4O3/c1-16-14(21)10-17-11-15(22)19-8-6-18(7-9-19)12-2-4-13(20)5-3-12/h2-5,17,20H,6-11H2,1H3,(H,16,21)/p+1. The Hall–Kier alpha value is -2.28. The fourth-order valence-electron chi connectivity index (χ4n) is 2.44. The van der Waals surface area contributed by atoms with Crippen molar-refractivity contribution in [3.05, 3.63) is 24.3 Å². The second-order valence-corrected chi connectivity index (χ2v) is 5.25. The molecule has 2 rings (SSSR count). The van der Waals surface area contributed by atoms with Crippen molar-refractivity contribution < 1.29 is 20.0 Å². The van der Waals surface area contributed by atoms with Crippen LogP contribution >= 0.6 is 0 Å². The SMILES string of the molecule is CNC(=O)C[NH2+]CC(=O)N1CCN(c2ccc(O)cc2)CC1. The number of anilines is 1. The molecule has 1 saturated heterocycles. The van der Waals surface area contributed by atoms with Crippen LogP contribution in [0, 0.1) is 0 Å². The zero-order chi connectivity index (χ0) is 15.9. The number of hydrogen-bond acceptors (Lipinski definition) is 4. The zero-order valence-electron chi connectivity index (χ0n) is 12.8. The Morgan fingerprint density at radius 2 is 1.77 bits per heavy atom. The lowest BCUT2D eigenvalue weighted by atomic mass is 10.2. The van der Waals surface area contributed by atoms with E-state index in [0.717, 1.165) is 18.8 Å². The number of amides is 2. The highest BCUT2D eigenvalue weighted by atomic mass is 16.3. The molecule has 0 atom stereocenters. The Morgan fingerprint density at radius 1 is 1.14 bits per heavy atom. The van der Waals surface area contributed by atoms with E-state index in [1.54, 1.807) is 24.5 Å². The van der Waals surface area contributed by atoms with E-state index in [1.807, 2.05) is 17.0 Å². The number of rotatable bonds is 5. The quantitative estimate of drug-likeness (QED) is 0.608. The summed E-state index contributed by atoms with van der Waals surface area (Å²) in [5.74, 6) is 0.239. The molecule has 7 heteroatoms. The Labute approximate surface area is 129 Å². The van der Waals surface area contributed by atoms with Gasteiger partial charge in [-0.1, -0.05) is 0 Å². The number of quaternary nitrogens is 1. The first-order valence-corrected chi connectivity index (χ1v) is 7.44. The average Bonchev–Trinajstić information content (AvgIpc) is 2.55. The summed E-state index contributed by atoms with van der Waals surface area (Å²) in [6.45, 7) is 3.46. The van der Waals surface area contributed by atoms with Crippen molar-refractivity contribution in [2.24, 2.45) is 0 Å². The largest absolute Gasteiger partial charge is 0.508 e. The minimum absolute atomic E-state index is 0.0641. The predicted octanol–water partition coefficient (Wildman–Crippen LogP) is -1.65. The highest BCUT2D eigenvalue weighted by Gasteiger charge is 2.22. The van der Waals surface area contributed by atoms with E-state index in [2.05, 4.69) is 10.2 Å². The van der Waals surface area contributed by atoms with Crippen LogP contribution in [0.4, 0.5) is 5.69 Å². The lowest BCUT2D eigenvalue weighted by Gasteiger charge is -2.35. The molecule has 1 aromatic carbocycles. The first kappa shape index (κ1) is 16.1. The Bertz CT molecular complexity index is 510. The van der Waals surface area contributed by atoms with E-state index in [0.29, 0.717) is 19.6 Å². The molecule has 1 aromatic rings. The number of nitrogens with two attached hydrogens (primary N) is 1. The van der Waals surface area contributed by atoms with Crippen LogP contribution in [-0.4, -0.2) is 68.1 Å². The predicted molar refractivity (Wildman–Crippen MR) is 82.6 cm³/mol. The van der Waals surface area contributed by atoms with Crippen molar-refractivity contribution in [2.75, 3.05) is 51.2 Å². The summed E-state index contributed by atoms with van der Waals surface area (Å²) in [5, 5.41) is 13.5. The molecule has 1 heterocycles. The fraction of sp³-hybridized carbons (Fsp3) is 0.467. The van der Waals surface area contributed by atoms with E-state index in [1.165, 1.54) is 0 Å². The van der Waals surface area contributed by atoms with Gasteiger partial charge in [0, 0.05) is 38.9 Å². The fourth-order valence-corrected chi connectivity index (χ4v) is 2.44. The van der Waals surface area contributed by atoms with Crippen LogP contribution in [0.2, 0.25) is 0 Å². The number of nitrogens with one attached hydrogen (secondary N) is 1. The van der Waals surface area contributed by atoms with Gasteiger partial charge in [-0.2, -0.15) is 0 Å². The van der Waals surface area contributed by atoms with Crippen LogP contribution in [0.3, 0.4) is 0 Å². The smallest absolute Gasteiger partial charge is 0.277 e. The number of nitrogens with zero attached hydrogens (tertiary/aromatic N) is 2. The number of aromatic hydroxyl groups is 1. The van der Waals surface area contributed by atoms with E-state index < -0.39 is 0 Å². The summed E-state index contributed by atoms with van der Waals surface area (Å²) < 4.78 is 0. The Balaban J connectivity index is 1.75. The number of hydrogen-bond donors (Lipinski definition) is 3. The third-order valence-electron chi connectivity index (χ3n) is 3.77. The molecule has 0 aliphatic carbocycles. The number of piperazine rings is 1. The molecule has 7 nitrogen and oxygen atoms in total. The lowest BCUT2D eigenvalue weighted by Crippen LogP contribution is -2.88. The van der Waals surface area contributed by atoms with Crippen molar-refractivity contribution >= 4 is 17.5 Å². The minimum Gasteiger partial charge on any atom is -0.508 e. The lowest BCUT2D eigenvalue weighted by molar-refractivity contribution is -0.633. The molecule has 0 spiro atoms.